The number of pyridine rings is 1. The first kappa shape index (κ1) is 39.0. The summed E-state index contributed by atoms with van der Waals surface area (Å²) >= 11 is 1.56. The Balaban J connectivity index is 1.47. The summed E-state index contributed by atoms with van der Waals surface area (Å²) in [7, 11) is 1.67. The number of urea groups is 1. The van der Waals surface area contributed by atoms with Crippen LogP contribution in [0.25, 0.3) is 0 Å². The number of carbonyl (C=O) groups excluding carboxylic acids is 3. The topological polar surface area (TPSA) is 146 Å². The Kier molecular flexibility index (Phi) is 14.9. The first-order valence-electron chi connectivity index (χ1n) is 17.3. The Bertz CT molecular complexity index is 1650. The normalized spacial score (nSPS) is 13.6. The zero-order chi connectivity index (χ0) is 36.8. The quantitative estimate of drug-likeness (QED) is 0.108. The number of benzene rings is 2. The molecule has 0 bridgehead atoms. The third-order valence-corrected chi connectivity index (χ3v) is 9.59. The van der Waals surface area contributed by atoms with Gasteiger partial charge in [-0.3, -0.25) is 9.78 Å². The maximum absolute atomic E-state index is 13.9. The number of hydrogen-bond donors (Lipinski definition) is 4. The molecule has 0 aliphatic carbocycles. The van der Waals surface area contributed by atoms with Crippen molar-refractivity contribution in [3.63, 3.8) is 0 Å². The molecule has 4 amide bonds. The number of nitrogens with zero attached hydrogens (tertiary/aromatic N) is 3. The number of rotatable bonds is 17. The fraction of sp³-hybridized carbons (Fsp3) is 0.410. The predicted octanol–water partition coefficient (Wildman–Crippen LogP) is 5.84. The van der Waals surface area contributed by atoms with Crippen molar-refractivity contribution < 1.29 is 24.2 Å². The summed E-state index contributed by atoms with van der Waals surface area (Å²) in [4.78, 5) is 50.3. The van der Waals surface area contributed by atoms with Gasteiger partial charge in [-0.1, -0.05) is 94.4 Å². The fourth-order valence-electron chi connectivity index (χ4n) is 5.57. The smallest absolute Gasteiger partial charge is 0.407 e. The first-order chi connectivity index (χ1) is 24.5. The van der Waals surface area contributed by atoms with E-state index in [9.17, 15) is 19.5 Å². The van der Waals surface area contributed by atoms with Crippen molar-refractivity contribution in [2.45, 2.75) is 90.3 Å². The van der Waals surface area contributed by atoms with Crippen LogP contribution in [0, 0.1) is 5.92 Å². The van der Waals surface area contributed by atoms with Crippen LogP contribution in [0.1, 0.15) is 67.4 Å². The van der Waals surface area contributed by atoms with E-state index in [-0.39, 0.29) is 18.9 Å². The van der Waals surface area contributed by atoms with Gasteiger partial charge in [0.2, 0.25) is 5.91 Å². The maximum Gasteiger partial charge on any atom is 0.407 e. The lowest BCUT2D eigenvalue weighted by Crippen LogP contribution is -2.57. The van der Waals surface area contributed by atoms with E-state index in [1.165, 1.54) is 4.90 Å². The fourth-order valence-corrected chi connectivity index (χ4v) is 6.39. The summed E-state index contributed by atoms with van der Waals surface area (Å²) < 4.78 is 5.47. The molecule has 2 aromatic carbocycles. The molecule has 4 aromatic rings. The molecule has 4 N–H and O–H groups in total. The van der Waals surface area contributed by atoms with Crippen LogP contribution in [0.5, 0.6) is 0 Å². The van der Waals surface area contributed by atoms with Crippen LogP contribution in [0.4, 0.5) is 9.59 Å². The Morgan fingerprint density at radius 1 is 0.863 bits per heavy atom. The molecule has 0 aliphatic heterocycles. The number of thiazole rings is 1. The largest absolute Gasteiger partial charge is 0.445 e. The van der Waals surface area contributed by atoms with Crippen molar-refractivity contribution >= 4 is 29.4 Å². The van der Waals surface area contributed by atoms with Gasteiger partial charge in [-0.15, -0.1) is 11.3 Å². The average molecular weight is 715 g/mol. The molecule has 11 nitrogen and oxygen atoms in total. The summed E-state index contributed by atoms with van der Waals surface area (Å²) in [5, 5.41) is 23.6. The van der Waals surface area contributed by atoms with E-state index in [1.54, 1.807) is 36.8 Å². The van der Waals surface area contributed by atoms with Crippen LogP contribution < -0.4 is 16.0 Å². The lowest BCUT2D eigenvalue weighted by molar-refractivity contribution is -0.125. The lowest BCUT2D eigenvalue weighted by atomic mass is 9.93. The highest BCUT2D eigenvalue weighted by Gasteiger charge is 2.31. The van der Waals surface area contributed by atoms with Crippen molar-refractivity contribution in [2.75, 3.05) is 7.05 Å². The van der Waals surface area contributed by atoms with E-state index in [4.69, 9.17) is 4.74 Å². The maximum atomic E-state index is 13.9. The second-order valence-corrected chi connectivity index (χ2v) is 14.3. The van der Waals surface area contributed by atoms with Crippen molar-refractivity contribution in [1.82, 2.24) is 30.8 Å². The van der Waals surface area contributed by atoms with Gasteiger partial charge in [-0.2, -0.15) is 0 Å². The lowest BCUT2D eigenvalue weighted by Gasteiger charge is -2.31. The van der Waals surface area contributed by atoms with Gasteiger partial charge in [0.25, 0.3) is 0 Å². The molecule has 51 heavy (non-hydrogen) atoms. The molecule has 0 spiro atoms. The minimum absolute atomic E-state index is 0.0488. The zero-order valence-corrected chi connectivity index (χ0v) is 30.8. The third kappa shape index (κ3) is 12.8. The predicted molar refractivity (Wildman–Crippen MR) is 199 cm³/mol. The second-order valence-electron chi connectivity index (χ2n) is 13.4. The van der Waals surface area contributed by atoms with Gasteiger partial charge < -0.3 is 30.7 Å². The monoisotopic (exact) mass is 714 g/mol. The van der Waals surface area contributed by atoms with Crippen LogP contribution in [0.2, 0.25) is 0 Å². The van der Waals surface area contributed by atoms with Crippen LogP contribution in [0.3, 0.4) is 0 Å². The van der Waals surface area contributed by atoms with Crippen LogP contribution in [0.15, 0.2) is 90.6 Å². The highest BCUT2D eigenvalue weighted by molar-refractivity contribution is 7.09. The number of amides is 4. The molecule has 2 heterocycles. The summed E-state index contributed by atoms with van der Waals surface area (Å²) in [6.07, 6.45) is 2.48. The molecule has 0 fully saturated rings. The van der Waals surface area contributed by atoms with Gasteiger partial charge >= 0.3 is 12.1 Å². The number of hydrogen-bond acceptors (Lipinski definition) is 8. The molecule has 0 saturated heterocycles. The molecule has 272 valence electrons. The molecule has 0 unspecified atom stereocenters. The molecule has 4 rings (SSSR count). The summed E-state index contributed by atoms with van der Waals surface area (Å²) in [5.74, 6) is -0.358. The van der Waals surface area contributed by atoms with E-state index >= 15 is 0 Å². The molecule has 4 atom stereocenters. The van der Waals surface area contributed by atoms with Gasteiger partial charge in [-0.05, 0) is 42.4 Å². The van der Waals surface area contributed by atoms with Gasteiger partial charge in [0.05, 0.1) is 29.4 Å². The Morgan fingerprint density at radius 3 is 2.10 bits per heavy atom. The molecule has 0 saturated carbocycles. The third-order valence-electron chi connectivity index (χ3n) is 8.39. The Labute approximate surface area is 304 Å². The van der Waals surface area contributed by atoms with Gasteiger partial charge in [0, 0.05) is 42.3 Å². The standard InChI is InChI=1S/C39H50N6O5S/c1-26(2)35(44-38(48)45(5)23-32-25-51-37(41-32)27(3)4)36(47)43-33(20-29-15-10-7-11-16-29)34(46)21-31(19-28-13-8-6-9-14-28)42-39(49)50-24-30-17-12-18-40-22-30/h6-18,22,25-27,31,33-35,46H,19-21,23-24H2,1-5H3,(H,42,49)(H,43,47)(H,44,48)/t31-,33-,34-,35-/m0/s1. The van der Waals surface area contributed by atoms with E-state index < -0.39 is 42.3 Å². The number of carbonyl (C=O) groups is 3. The van der Waals surface area contributed by atoms with E-state index in [0.29, 0.717) is 25.3 Å². The number of alkyl carbamates (subject to hydrolysis) is 1. The summed E-state index contributed by atoms with van der Waals surface area (Å²) in [6.45, 7) is 8.22. The first-order valence-corrected chi connectivity index (χ1v) is 18.2. The number of aliphatic hydroxyl groups is 1. The average Bonchev–Trinajstić information content (AvgIpc) is 3.59. The number of nitrogens with one attached hydrogen (secondary N) is 3. The number of ether oxygens (including phenoxy) is 1. The molecule has 12 heteroatoms. The van der Waals surface area contributed by atoms with Crippen molar-refractivity contribution in [1.29, 1.82) is 0 Å². The second kappa shape index (κ2) is 19.5. The minimum atomic E-state index is -1.06. The summed E-state index contributed by atoms with van der Waals surface area (Å²) in [6, 6.07) is 20.3. The van der Waals surface area contributed by atoms with Crippen LogP contribution >= 0.6 is 11.3 Å². The van der Waals surface area contributed by atoms with Gasteiger partial charge in [0.1, 0.15) is 12.6 Å². The van der Waals surface area contributed by atoms with Crippen LogP contribution in [-0.4, -0.2) is 69.3 Å². The van der Waals surface area contributed by atoms with Gasteiger partial charge in [-0.25, -0.2) is 14.6 Å². The molecular weight excluding hydrogens is 665 g/mol. The zero-order valence-electron chi connectivity index (χ0n) is 30.0. The van der Waals surface area contributed by atoms with Crippen molar-refractivity contribution in [3.05, 3.63) is 118 Å². The van der Waals surface area contributed by atoms with E-state index in [2.05, 4.69) is 39.8 Å². The molecule has 0 radical (unpaired) electrons. The van der Waals surface area contributed by atoms with Crippen molar-refractivity contribution in [3.8, 4) is 0 Å². The molecule has 2 aromatic heterocycles. The van der Waals surface area contributed by atoms with Crippen molar-refractivity contribution in [2.24, 2.45) is 5.92 Å². The number of aromatic nitrogens is 2. The van der Waals surface area contributed by atoms with Gasteiger partial charge in [0.15, 0.2) is 0 Å². The summed E-state index contributed by atoms with van der Waals surface area (Å²) in [5.41, 5.74) is 3.42. The van der Waals surface area contributed by atoms with Crippen LogP contribution in [-0.2, 0) is 35.5 Å². The molecule has 0 aliphatic rings. The number of aliphatic hydroxyl groups excluding tert-OH is 1. The molecular formula is C39H50N6O5S. The minimum Gasteiger partial charge on any atom is -0.445 e. The highest BCUT2D eigenvalue weighted by Crippen LogP contribution is 2.20. The van der Waals surface area contributed by atoms with E-state index in [0.717, 1.165) is 27.4 Å². The van der Waals surface area contributed by atoms with E-state index in [1.807, 2.05) is 86.0 Å². The SMILES string of the molecule is CC(C)c1nc(CN(C)C(=O)N[C@H](C(=O)N[C@@H](Cc2ccccc2)[C@@H](O)C[C@H](Cc2ccccc2)NC(=O)OCc2cccnc2)C(C)C)cs1. The highest BCUT2D eigenvalue weighted by atomic mass is 32.1. The Hall–Kier alpha value is -4.81. The Morgan fingerprint density at radius 2 is 1.51 bits per heavy atom.